The van der Waals surface area contributed by atoms with Gasteiger partial charge in [-0.3, -0.25) is 9.69 Å². The Kier molecular flexibility index (Phi) is 4.62. The van der Waals surface area contributed by atoms with Crippen LogP contribution in [0.15, 0.2) is 41.8 Å². The largest absolute Gasteiger partial charge is 0.338 e. The highest BCUT2D eigenvalue weighted by atomic mass is 32.1. The van der Waals surface area contributed by atoms with Gasteiger partial charge in [-0.2, -0.15) is 0 Å². The number of urea groups is 1. The molecule has 5 nitrogen and oxygen atoms in total. The zero-order valence-corrected chi connectivity index (χ0v) is 13.7. The van der Waals surface area contributed by atoms with Gasteiger partial charge in [-0.05, 0) is 43.0 Å². The van der Waals surface area contributed by atoms with Crippen LogP contribution in [0.2, 0.25) is 0 Å². The summed E-state index contributed by atoms with van der Waals surface area (Å²) in [7, 11) is 0. The zero-order valence-electron chi connectivity index (χ0n) is 12.9. The van der Waals surface area contributed by atoms with Crippen molar-refractivity contribution in [1.29, 1.82) is 0 Å². The average Bonchev–Trinajstić information content (AvgIpc) is 3.09. The molecule has 2 aromatic rings. The fourth-order valence-corrected chi connectivity index (χ4v) is 3.33. The van der Waals surface area contributed by atoms with Crippen molar-refractivity contribution in [2.75, 3.05) is 23.3 Å². The van der Waals surface area contributed by atoms with Crippen LogP contribution in [0.1, 0.15) is 24.1 Å². The molecule has 0 bridgehead atoms. The maximum Gasteiger partial charge on any atom is 0.321 e. The van der Waals surface area contributed by atoms with Gasteiger partial charge in [-0.25, -0.2) is 4.79 Å². The van der Waals surface area contributed by atoms with Crippen molar-refractivity contribution in [2.24, 2.45) is 0 Å². The summed E-state index contributed by atoms with van der Waals surface area (Å²) in [5.74, 6) is -0.246. The highest BCUT2D eigenvalue weighted by Gasteiger charge is 2.20. The first-order valence-electron chi connectivity index (χ1n) is 7.65. The lowest BCUT2D eigenvalue weighted by Crippen LogP contribution is -2.46. The highest BCUT2D eigenvalue weighted by molar-refractivity contribution is 7.10. The summed E-state index contributed by atoms with van der Waals surface area (Å²) < 4.78 is 0. The van der Waals surface area contributed by atoms with Gasteiger partial charge >= 0.3 is 6.03 Å². The Morgan fingerprint density at radius 3 is 2.96 bits per heavy atom. The summed E-state index contributed by atoms with van der Waals surface area (Å²) >= 11 is 1.57. The average molecular weight is 329 g/mol. The molecule has 1 fully saturated rings. The van der Waals surface area contributed by atoms with Crippen LogP contribution in [-0.2, 0) is 4.79 Å². The summed E-state index contributed by atoms with van der Waals surface area (Å²) in [6, 6.07) is 11.2. The molecule has 2 heterocycles. The maximum absolute atomic E-state index is 12.4. The standard InChI is InChI=1S/C17H19N3O2S/c1-12(15-7-3-10-23-15)16(21)19-13-5-2-6-14(11-13)20-9-4-8-18-17(20)22/h2-3,5-7,10-12H,4,8-9H2,1H3,(H,18,22)(H,19,21)/t12-/m0/s1. The smallest absolute Gasteiger partial charge is 0.321 e. The van der Waals surface area contributed by atoms with E-state index in [0.717, 1.165) is 17.0 Å². The molecule has 0 aliphatic carbocycles. The van der Waals surface area contributed by atoms with E-state index in [4.69, 9.17) is 0 Å². The van der Waals surface area contributed by atoms with Crippen molar-refractivity contribution in [3.63, 3.8) is 0 Å². The van der Waals surface area contributed by atoms with Gasteiger partial charge in [0.1, 0.15) is 0 Å². The van der Waals surface area contributed by atoms with Gasteiger partial charge in [0, 0.05) is 29.3 Å². The van der Waals surface area contributed by atoms with E-state index in [-0.39, 0.29) is 17.9 Å². The summed E-state index contributed by atoms with van der Waals surface area (Å²) in [6.07, 6.45) is 0.914. The Labute approximate surface area is 139 Å². The number of benzene rings is 1. The Bertz CT molecular complexity index is 700. The summed E-state index contributed by atoms with van der Waals surface area (Å²) in [5, 5.41) is 7.73. The number of hydrogen-bond acceptors (Lipinski definition) is 3. The van der Waals surface area contributed by atoms with E-state index in [1.807, 2.05) is 48.7 Å². The molecule has 0 unspecified atom stereocenters. The summed E-state index contributed by atoms with van der Waals surface area (Å²) in [6.45, 7) is 3.29. The lowest BCUT2D eigenvalue weighted by molar-refractivity contribution is -0.117. The first-order chi connectivity index (χ1) is 11.1. The van der Waals surface area contributed by atoms with Gasteiger partial charge in [0.15, 0.2) is 0 Å². The molecule has 23 heavy (non-hydrogen) atoms. The third-order valence-electron chi connectivity index (χ3n) is 3.87. The van der Waals surface area contributed by atoms with Gasteiger partial charge in [-0.1, -0.05) is 12.1 Å². The molecule has 0 radical (unpaired) electrons. The Balaban J connectivity index is 1.72. The van der Waals surface area contributed by atoms with Crippen LogP contribution in [0.25, 0.3) is 0 Å². The van der Waals surface area contributed by atoms with Crippen LogP contribution in [0.5, 0.6) is 0 Å². The van der Waals surface area contributed by atoms with Crippen molar-refractivity contribution in [2.45, 2.75) is 19.3 Å². The normalized spacial score (nSPS) is 15.9. The number of amides is 3. The van der Waals surface area contributed by atoms with E-state index in [1.54, 1.807) is 16.2 Å². The molecule has 1 aromatic carbocycles. The SMILES string of the molecule is C[C@H](C(=O)Nc1cccc(N2CCCNC2=O)c1)c1cccs1. The third-order valence-corrected chi connectivity index (χ3v) is 4.92. The van der Waals surface area contributed by atoms with Crippen LogP contribution < -0.4 is 15.5 Å². The number of hydrogen-bond donors (Lipinski definition) is 2. The van der Waals surface area contributed by atoms with E-state index in [9.17, 15) is 9.59 Å². The van der Waals surface area contributed by atoms with Gasteiger partial charge < -0.3 is 10.6 Å². The number of nitrogens with zero attached hydrogens (tertiary/aromatic N) is 1. The molecule has 3 amide bonds. The van der Waals surface area contributed by atoms with E-state index in [0.29, 0.717) is 18.8 Å². The second-order valence-corrected chi connectivity index (χ2v) is 6.49. The second kappa shape index (κ2) is 6.83. The predicted molar refractivity (Wildman–Crippen MR) is 93.2 cm³/mol. The number of anilines is 2. The molecular weight excluding hydrogens is 310 g/mol. The van der Waals surface area contributed by atoms with Crippen LogP contribution in [0.3, 0.4) is 0 Å². The van der Waals surface area contributed by atoms with E-state index < -0.39 is 0 Å². The molecule has 1 aromatic heterocycles. The maximum atomic E-state index is 12.4. The van der Waals surface area contributed by atoms with Crippen molar-refractivity contribution >= 4 is 34.6 Å². The molecule has 3 rings (SSSR count). The van der Waals surface area contributed by atoms with Crippen LogP contribution in [-0.4, -0.2) is 25.0 Å². The predicted octanol–water partition coefficient (Wildman–Crippen LogP) is 3.41. The minimum Gasteiger partial charge on any atom is -0.338 e. The zero-order chi connectivity index (χ0) is 16.2. The van der Waals surface area contributed by atoms with Gasteiger partial charge in [-0.15, -0.1) is 11.3 Å². The molecule has 6 heteroatoms. The van der Waals surface area contributed by atoms with Crippen LogP contribution in [0.4, 0.5) is 16.2 Å². The van der Waals surface area contributed by atoms with Crippen LogP contribution in [0, 0.1) is 0 Å². The number of thiophene rings is 1. The van der Waals surface area contributed by atoms with Crippen molar-refractivity contribution in [1.82, 2.24) is 5.32 Å². The number of nitrogens with one attached hydrogen (secondary N) is 2. The number of carbonyl (C=O) groups excluding carboxylic acids is 2. The van der Waals surface area contributed by atoms with Crippen molar-refractivity contribution in [3.8, 4) is 0 Å². The fraction of sp³-hybridized carbons (Fsp3) is 0.294. The monoisotopic (exact) mass is 329 g/mol. The summed E-state index contributed by atoms with van der Waals surface area (Å²) in [5.41, 5.74) is 1.50. The Hall–Kier alpha value is -2.34. The molecular formula is C17H19N3O2S. The number of carbonyl (C=O) groups is 2. The minimum absolute atomic E-state index is 0.0484. The first kappa shape index (κ1) is 15.6. The quantitative estimate of drug-likeness (QED) is 0.903. The first-order valence-corrected chi connectivity index (χ1v) is 8.53. The van der Waals surface area contributed by atoms with E-state index in [2.05, 4.69) is 10.6 Å². The molecule has 1 atom stereocenters. The van der Waals surface area contributed by atoms with E-state index >= 15 is 0 Å². The molecule has 0 spiro atoms. The Morgan fingerprint density at radius 2 is 2.22 bits per heavy atom. The second-order valence-electron chi connectivity index (χ2n) is 5.51. The van der Waals surface area contributed by atoms with Crippen molar-refractivity contribution < 1.29 is 9.59 Å². The Morgan fingerprint density at radius 1 is 1.35 bits per heavy atom. The molecule has 1 saturated heterocycles. The molecule has 1 aliphatic heterocycles. The molecule has 120 valence electrons. The molecule has 0 saturated carbocycles. The fourth-order valence-electron chi connectivity index (χ4n) is 2.54. The van der Waals surface area contributed by atoms with Gasteiger partial charge in [0.2, 0.25) is 5.91 Å². The topological polar surface area (TPSA) is 61.4 Å². The lowest BCUT2D eigenvalue weighted by Gasteiger charge is -2.27. The minimum atomic E-state index is -0.197. The lowest BCUT2D eigenvalue weighted by atomic mass is 10.1. The molecule has 1 aliphatic rings. The summed E-state index contributed by atoms with van der Waals surface area (Å²) in [4.78, 5) is 27.0. The van der Waals surface area contributed by atoms with Gasteiger partial charge in [0.25, 0.3) is 0 Å². The van der Waals surface area contributed by atoms with Crippen LogP contribution >= 0.6 is 11.3 Å². The molecule has 2 N–H and O–H groups in total. The highest BCUT2D eigenvalue weighted by Crippen LogP contribution is 2.25. The third kappa shape index (κ3) is 3.53. The van der Waals surface area contributed by atoms with Gasteiger partial charge in [0.05, 0.1) is 5.92 Å². The number of rotatable bonds is 4. The van der Waals surface area contributed by atoms with E-state index in [1.165, 1.54) is 0 Å². The van der Waals surface area contributed by atoms with Crippen molar-refractivity contribution in [3.05, 3.63) is 46.7 Å².